The van der Waals surface area contributed by atoms with Gasteiger partial charge in [-0.25, -0.2) is 8.42 Å². The van der Waals surface area contributed by atoms with E-state index in [0.717, 1.165) is 31.4 Å². The zero-order chi connectivity index (χ0) is 20.1. The smallest absolute Gasteiger partial charge is 0.243 e. The third-order valence-electron chi connectivity index (χ3n) is 5.65. The fourth-order valence-corrected chi connectivity index (χ4v) is 5.43. The molecule has 8 heteroatoms. The number of aryl methyl sites for hydroxylation is 1. The van der Waals surface area contributed by atoms with E-state index < -0.39 is 10.0 Å². The summed E-state index contributed by atoms with van der Waals surface area (Å²) in [7, 11) is -1.85. The Balaban J connectivity index is 1.58. The maximum absolute atomic E-state index is 12.9. The molecule has 2 fully saturated rings. The number of methoxy groups -OCH3 is 1. The highest BCUT2D eigenvalue weighted by Crippen LogP contribution is 2.22. The summed E-state index contributed by atoms with van der Waals surface area (Å²) in [6, 6.07) is 7.09. The largest absolute Gasteiger partial charge is 0.383 e. The lowest BCUT2D eigenvalue weighted by atomic mass is 10.1. The lowest BCUT2D eigenvalue weighted by Crippen LogP contribution is -2.53. The Morgan fingerprint density at radius 3 is 2.36 bits per heavy atom. The Morgan fingerprint density at radius 2 is 1.75 bits per heavy atom. The number of ether oxygens (including phenoxy) is 1. The van der Waals surface area contributed by atoms with Gasteiger partial charge in [0.25, 0.3) is 0 Å². The van der Waals surface area contributed by atoms with Crippen molar-refractivity contribution < 1.29 is 17.9 Å². The molecule has 2 aliphatic rings. The number of amides is 1. The molecule has 3 rings (SSSR count). The number of nitrogens with zero attached hydrogens (tertiary/aromatic N) is 3. The minimum atomic E-state index is -3.48. The van der Waals surface area contributed by atoms with Gasteiger partial charge in [-0.2, -0.15) is 4.31 Å². The van der Waals surface area contributed by atoms with Gasteiger partial charge in [0.1, 0.15) is 0 Å². The average Bonchev–Trinajstić information content (AvgIpc) is 3.07. The van der Waals surface area contributed by atoms with E-state index >= 15 is 0 Å². The molecule has 156 valence electrons. The van der Waals surface area contributed by atoms with E-state index in [2.05, 4.69) is 11.8 Å². The molecule has 2 aliphatic heterocycles. The molecule has 0 spiro atoms. The van der Waals surface area contributed by atoms with E-state index in [0.29, 0.717) is 44.2 Å². The molecular formula is C20H31N3O4S. The van der Waals surface area contributed by atoms with Gasteiger partial charge in [0.05, 0.1) is 17.5 Å². The van der Waals surface area contributed by atoms with Crippen molar-refractivity contribution in [3.05, 3.63) is 29.8 Å². The van der Waals surface area contributed by atoms with Crippen LogP contribution in [-0.2, 0) is 26.0 Å². The number of likely N-dealkylation sites (tertiary alicyclic amines) is 1. The highest BCUT2D eigenvalue weighted by atomic mass is 32.2. The van der Waals surface area contributed by atoms with E-state index in [1.807, 2.05) is 17.0 Å². The van der Waals surface area contributed by atoms with Crippen molar-refractivity contribution in [2.24, 2.45) is 0 Å². The van der Waals surface area contributed by atoms with E-state index in [-0.39, 0.29) is 11.9 Å². The molecule has 1 atom stereocenters. The predicted molar refractivity (Wildman–Crippen MR) is 108 cm³/mol. The Bertz CT molecular complexity index is 758. The Morgan fingerprint density at radius 1 is 1.07 bits per heavy atom. The van der Waals surface area contributed by atoms with Crippen LogP contribution < -0.4 is 0 Å². The Labute approximate surface area is 168 Å². The lowest BCUT2D eigenvalue weighted by Gasteiger charge is -2.36. The zero-order valence-electron chi connectivity index (χ0n) is 16.8. The first kappa shape index (κ1) is 21.2. The summed E-state index contributed by atoms with van der Waals surface area (Å²) in [6.07, 6.45) is 2.79. The van der Waals surface area contributed by atoms with Gasteiger partial charge in [0.2, 0.25) is 15.9 Å². The molecule has 7 nitrogen and oxygen atoms in total. The number of hydrogen-bond donors (Lipinski definition) is 0. The van der Waals surface area contributed by atoms with Gasteiger partial charge in [-0.1, -0.05) is 25.5 Å². The fourth-order valence-electron chi connectivity index (χ4n) is 4.01. The molecular weight excluding hydrogens is 378 g/mol. The molecule has 0 aromatic heterocycles. The third kappa shape index (κ3) is 4.56. The molecule has 0 bridgehead atoms. The maximum Gasteiger partial charge on any atom is 0.243 e. The minimum absolute atomic E-state index is 0.130. The van der Waals surface area contributed by atoms with Crippen LogP contribution in [0.5, 0.6) is 0 Å². The van der Waals surface area contributed by atoms with Crippen molar-refractivity contribution in [3.63, 3.8) is 0 Å². The van der Waals surface area contributed by atoms with E-state index in [9.17, 15) is 13.2 Å². The highest BCUT2D eigenvalue weighted by molar-refractivity contribution is 7.89. The Kier molecular flexibility index (Phi) is 7.09. The SMILES string of the molecule is CCCc1ccc(S(=O)(=O)N2CCN(C3CCN(CCOC)C3=O)CC2)cc1. The molecule has 0 aliphatic carbocycles. The number of carbonyl (C=O) groups excluding carboxylic acids is 1. The third-order valence-corrected chi connectivity index (χ3v) is 7.56. The van der Waals surface area contributed by atoms with Crippen LogP contribution in [0.3, 0.4) is 0 Å². The van der Waals surface area contributed by atoms with Crippen LogP contribution >= 0.6 is 0 Å². The average molecular weight is 410 g/mol. The minimum Gasteiger partial charge on any atom is -0.383 e. The second-order valence-corrected chi connectivity index (χ2v) is 9.39. The topological polar surface area (TPSA) is 70.2 Å². The van der Waals surface area contributed by atoms with Crippen molar-refractivity contribution in [2.75, 3.05) is 53.0 Å². The normalized spacial score (nSPS) is 22.1. The van der Waals surface area contributed by atoms with Gasteiger partial charge >= 0.3 is 0 Å². The Hall–Kier alpha value is -1.48. The van der Waals surface area contributed by atoms with Gasteiger partial charge < -0.3 is 9.64 Å². The summed E-state index contributed by atoms with van der Waals surface area (Å²) in [5.41, 5.74) is 1.16. The van der Waals surface area contributed by atoms with Crippen LogP contribution in [0.1, 0.15) is 25.3 Å². The second kappa shape index (κ2) is 9.35. The van der Waals surface area contributed by atoms with Crippen molar-refractivity contribution >= 4 is 15.9 Å². The van der Waals surface area contributed by atoms with Crippen LogP contribution in [0.4, 0.5) is 0 Å². The molecule has 0 saturated carbocycles. The maximum atomic E-state index is 12.9. The first-order valence-corrected chi connectivity index (χ1v) is 11.5. The van der Waals surface area contributed by atoms with E-state index in [1.165, 1.54) is 0 Å². The molecule has 1 aromatic carbocycles. The summed E-state index contributed by atoms with van der Waals surface area (Å²) >= 11 is 0. The number of benzene rings is 1. The summed E-state index contributed by atoms with van der Waals surface area (Å²) in [5.74, 6) is 0.139. The summed E-state index contributed by atoms with van der Waals surface area (Å²) in [6.45, 7) is 6.02. The number of rotatable bonds is 8. The van der Waals surface area contributed by atoms with Gasteiger partial charge in [-0.05, 0) is 30.5 Å². The van der Waals surface area contributed by atoms with Crippen molar-refractivity contribution in [2.45, 2.75) is 37.1 Å². The molecule has 0 radical (unpaired) electrons. The predicted octanol–water partition coefficient (Wildman–Crippen LogP) is 1.19. The molecule has 1 amide bonds. The summed E-state index contributed by atoms with van der Waals surface area (Å²) in [5, 5.41) is 0. The number of hydrogen-bond acceptors (Lipinski definition) is 5. The quantitative estimate of drug-likeness (QED) is 0.645. The molecule has 2 saturated heterocycles. The van der Waals surface area contributed by atoms with Crippen molar-refractivity contribution in [1.82, 2.24) is 14.1 Å². The zero-order valence-corrected chi connectivity index (χ0v) is 17.7. The van der Waals surface area contributed by atoms with Crippen LogP contribution in [0, 0.1) is 0 Å². The fraction of sp³-hybridized carbons (Fsp3) is 0.650. The van der Waals surface area contributed by atoms with Crippen LogP contribution in [0.25, 0.3) is 0 Å². The van der Waals surface area contributed by atoms with Gasteiger partial charge in [0, 0.05) is 46.4 Å². The molecule has 28 heavy (non-hydrogen) atoms. The van der Waals surface area contributed by atoms with Gasteiger partial charge in [-0.3, -0.25) is 9.69 Å². The first-order chi connectivity index (χ1) is 13.5. The van der Waals surface area contributed by atoms with Gasteiger partial charge in [0.15, 0.2) is 0 Å². The number of piperazine rings is 1. The highest BCUT2D eigenvalue weighted by Gasteiger charge is 2.38. The van der Waals surface area contributed by atoms with Gasteiger partial charge in [-0.15, -0.1) is 0 Å². The molecule has 1 unspecified atom stereocenters. The van der Waals surface area contributed by atoms with Crippen molar-refractivity contribution in [3.8, 4) is 0 Å². The van der Waals surface area contributed by atoms with Crippen LogP contribution in [0.15, 0.2) is 29.2 Å². The standard InChI is InChI=1S/C20H31N3O4S/c1-3-4-17-5-7-18(8-6-17)28(25,26)23-13-11-21(12-14-23)19-9-10-22(20(19)24)15-16-27-2/h5-8,19H,3-4,9-16H2,1-2H3. The van der Waals surface area contributed by atoms with E-state index in [4.69, 9.17) is 4.74 Å². The van der Waals surface area contributed by atoms with Crippen LogP contribution in [-0.4, -0.2) is 87.5 Å². The lowest BCUT2D eigenvalue weighted by molar-refractivity contribution is -0.133. The summed E-state index contributed by atoms with van der Waals surface area (Å²) in [4.78, 5) is 16.9. The summed E-state index contributed by atoms with van der Waals surface area (Å²) < 4.78 is 32.5. The monoisotopic (exact) mass is 409 g/mol. The molecule has 2 heterocycles. The number of sulfonamides is 1. The van der Waals surface area contributed by atoms with Crippen molar-refractivity contribution in [1.29, 1.82) is 0 Å². The second-order valence-electron chi connectivity index (χ2n) is 7.46. The first-order valence-electron chi connectivity index (χ1n) is 10.1. The van der Waals surface area contributed by atoms with E-state index in [1.54, 1.807) is 23.5 Å². The molecule has 1 aromatic rings. The van der Waals surface area contributed by atoms with Crippen LogP contribution in [0.2, 0.25) is 0 Å². The molecule has 0 N–H and O–H groups in total. The number of carbonyl (C=O) groups is 1.